The number of methoxy groups -OCH3 is 1. The number of aryl methyl sites for hydroxylation is 2. The fraction of sp³-hybridized carbons (Fsp3) is 0.500. The van der Waals surface area contributed by atoms with E-state index < -0.39 is 5.97 Å². The smallest absolute Gasteiger partial charge is 0.325 e. The first kappa shape index (κ1) is 12.2. The SMILES string of the molecule is COC(=O)CNC(=O)CCn1nccc1C. The third-order valence-electron chi connectivity index (χ3n) is 2.14. The highest BCUT2D eigenvalue weighted by atomic mass is 16.5. The van der Waals surface area contributed by atoms with Gasteiger partial charge in [0.2, 0.25) is 5.91 Å². The van der Waals surface area contributed by atoms with Crippen molar-refractivity contribution in [2.45, 2.75) is 19.9 Å². The number of hydrogen-bond acceptors (Lipinski definition) is 4. The van der Waals surface area contributed by atoms with Gasteiger partial charge in [0.05, 0.1) is 7.11 Å². The number of hydrogen-bond donors (Lipinski definition) is 1. The van der Waals surface area contributed by atoms with Gasteiger partial charge in [0.1, 0.15) is 6.54 Å². The largest absolute Gasteiger partial charge is 0.468 e. The maximum atomic E-state index is 11.3. The van der Waals surface area contributed by atoms with Crippen LogP contribution in [0.5, 0.6) is 0 Å². The minimum Gasteiger partial charge on any atom is -0.468 e. The third kappa shape index (κ3) is 3.72. The van der Waals surface area contributed by atoms with Gasteiger partial charge in [0.25, 0.3) is 0 Å². The molecule has 0 saturated carbocycles. The molecule has 0 aromatic carbocycles. The molecular weight excluding hydrogens is 210 g/mol. The number of nitrogens with zero attached hydrogens (tertiary/aromatic N) is 2. The summed E-state index contributed by atoms with van der Waals surface area (Å²) in [5.74, 6) is -0.649. The number of carbonyl (C=O) groups excluding carboxylic acids is 2. The first-order chi connectivity index (χ1) is 7.63. The molecular formula is C10H15N3O3. The summed E-state index contributed by atoms with van der Waals surface area (Å²) in [6, 6.07) is 1.87. The van der Waals surface area contributed by atoms with Gasteiger partial charge in [-0.3, -0.25) is 14.3 Å². The highest BCUT2D eigenvalue weighted by Crippen LogP contribution is 1.97. The summed E-state index contributed by atoms with van der Waals surface area (Å²) in [5.41, 5.74) is 1.00. The molecule has 0 radical (unpaired) electrons. The summed E-state index contributed by atoms with van der Waals surface area (Å²) in [5, 5.41) is 6.50. The summed E-state index contributed by atoms with van der Waals surface area (Å²) in [6.45, 7) is 2.33. The molecule has 1 rings (SSSR count). The minimum absolute atomic E-state index is 0.0899. The Kier molecular flexibility index (Phi) is 4.50. The lowest BCUT2D eigenvalue weighted by Crippen LogP contribution is -2.30. The highest BCUT2D eigenvalue weighted by Gasteiger charge is 2.06. The van der Waals surface area contributed by atoms with Gasteiger partial charge in [0.15, 0.2) is 0 Å². The number of ether oxygens (including phenoxy) is 1. The van der Waals surface area contributed by atoms with Gasteiger partial charge in [-0.05, 0) is 13.0 Å². The van der Waals surface area contributed by atoms with Crippen LogP contribution in [0.15, 0.2) is 12.3 Å². The second-order valence-corrected chi connectivity index (χ2v) is 3.30. The topological polar surface area (TPSA) is 73.2 Å². The van der Waals surface area contributed by atoms with Crippen molar-refractivity contribution in [3.63, 3.8) is 0 Å². The Morgan fingerprint density at radius 1 is 1.56 bits per heavy atom. The summed E-state index contributed by atoms with van der Waals surface area (Å²) >= 11 is 0. The van der Waals surface area contributed by atoms with Crippen molar-refractivity contribution < 1.29 is 14.3 Å². The van der Waals surface area contributed by atoms with Gasteiger partial charge in [-0.25, -0.2) is 0 Å². The van der Waals surface area contributed by atoms with Crippen molar-refractivity contribution in [2.75, 3.05) is 13.7 Å². The lowest BCUT2D eigenvalue weighted by Gasteiger charge is -2.05. The van der Waals surface area contributed by atoms with Crippen LogP contribution in [0.4, 0.5) is 0 Å². The fourth-order valence-corrected chi connectivity index (χ4v) is 1.17. The van der Waals surface area contributed by atoms with E-state index in [1.54, 1.807) is 10.9 Å². The van der Waals surface area contributed by atoms with Crippen molar-refractivity contribution in [2.24, 2.45) is 0 Å². The number of carbonyl (C=O) groups is 2. The molecule has 6 heteroatoms. The molecule has 1 N–H and O–H groups in total. The highest BCUT2D eigenvalue weighted by molar-refractivity contribution is 5.81. The predicted octanol–water partition coefficient (Wildman–Crippen LogP) is -0.129. The predicted molar refractivity (Wildman–Crippen MR) is 56.6 cm³/mol. The Balaban J connectivity index is 2.25. The average Bonchev–Trinajstić information content (AvgIpc) is 2.69. The van der Waals surface area contributed by atoms with E-state index in [0.717, 1.165) is 5.69 Å². The van der Waals surface area contributed by atoms with Crippen LogP contribution in [-0.2, 0) is 20.9 Å². The zero-order valence-electron chi connectivity index (χ0n) is 9.40. The monoisotopic (exact) mass is 225 g/mol. The number of esters is 1. The number of nitrogens with one attached hydrogen (secondary N) is 1. The van der Waals surface area contributed by atoms with Crippen LogP contribution in [0.3, 0.4) is 0 Å². The first-order valence-electron chi connectivity index (χ1n) is 4.95. The van der Waals surface area contributed by atoms with E-state index in [-0.39, 0.29) is 12.5 Å². The minimum atomic E-state index is -0.455. The Hall–Kier alpha value is -1.85. The van der Waals surface area contributed by atoms with E-state index >= 15 is 0 Å². The lowest BCUT2D eigenvalue weighted by atomic mass is 10.4. The molecule has 0 atom stereocenters. The van der Waals surface area contributed by atoms with Gasteiger partial charge in [0, 0.05) is 24.9 Å². The molecule has 0 unspecified atom stereocenters. The molecule has 0 spiro atoms. The second-order valence-electron chi connectivity index (χ2n) is 3.30. The van der Waals surface area contributed by atoms with E-state index in [2.05, 4.69) is 15.2 Å². The van der Waals surface area contributed by atoms with Crippen LogP contribution in [0, 0.1) is 6.92 Å². The molecule has 0 aliphatic heterocycles. The zero-order valence-corrected chi connectivity index (χ0v) is 9.40. The molecule has 88 valence electrons. The fourth-order valence-electron chi connectivity index (χ4n) is 1.17. The van der Waals surface area contributed by atoms with Crippen molar-refractivity contribution in [3.05, 3.63) is 18.0 Å². The molecule has 6 nitrogen and oxygen atoms in total. The van der Waals surface area contributed by atoms with E-state index in [0.29, 0.717) is 13.0 Å². The molecule has 0 bridgehead atoms. The Morgan fingerprint density at radius 3 is 2.88 bits per heavy atom. The first-order valence-corrected chi connectivity index (χ1v) is 4.95. The summed E-state index contributed by atoms with van der Waals surface area (Å²) in [7, 11) is 1.28. The van der Waals surface area contributed by atoms with E-state index in [1.165, 1.54) is 7.11 Å². The van der Waals surface area contributed by atoms with Crippen LogP contribution in [0.1, 0.15) is 12.1 Å². The van der Waals surface area contributed by atoms with Gasteiger partial charge >= 0.3 is 5.97 Å². The molecule has 16 heavy (non-hydrogen) atoms. The van der Waals surface area contributed by atoms with Crippen molar-refractivity contribution in [3.8, 4) is 0 Å². The van der Waals surface area contributed by atoms with Gasteiger partial charge in [-0.1, -0.05) is 0 Å². The van der Waals surface area contributed by atoms with Crippen molar-refractivity contribution in [1.82, 2.24) is 15.1 Å². The van der Waals surface area contributed by atoms with E-state index in [1.807, 2.05) is 13.0 Å². The van der Waals surface area contributed by atoms with Gasteiger partial charge < -0.3 is 10.1 Å². The summed E-state index contributed by atoms with van der Waals surface area (Å²) in [4.78, 5) is 22.1. The van der Waals surface area contributed by atoms with Gasteiger partial charge in [-0.15, -0.1) is 0 Å². The molecule has 1 aromatic heterocycles. The number of aromatic nitrogens is 2. The molecule has 1 aromatic rings. The maximum Gasteiger partial charge on any atom is 0.325 e. The Bertz CT molecular complexity index is 373. The Labute approximate surface area is 93.6 Å². The average molecular weight is 225 g/mol. The van der Waals surface area contributed by atoms with Crippen LogP contribution in [0.2, 0.25) is 0 Å². The van der Waals surface area contributed by atoms with Crippen LogP contribution < -0.4 is 5.32 Å². The Morgan fingerprint density at radius 2 is 2.31 bits per heavy atom. The quantitative estimate of drug-likeness (QED) is 0.708. The molecule has 1 amide bonds. The van der Waals surface area contributed by atoms with E-state index in [4.69, 9.17) is 0 Å². The van der Waals surface area contributed by atoms with Gasteiger partial charge in [-0.2, -0.15) is 5.10 Å². The van der Waals surface area contributed by atoms with Crippen LogP contribution in [0.25, 0.3) is 0 Å². The molecule has 0 fully saturated rings. The van der Waals surface area contributed by atoms with Crippen molar-refractivity contribution >= 4 is 11.9 Å². The van der Waals surface area contributed by atoms with Crippen LogP contribution in [-0.4, -0.2) is 35.3 Å². The number of rotatable bonds is 5. The maximum absolute atomic E-state index is 11.3. The van der Waals surface area contributed by atoms with E-state index in [9.17, 15) is 9.59 Å². The molecule has 0 aliphatic carbocycles. The molecule has 1 heterocycles. The standard InChI is InChI=1S/C10H15N3O3/c1-8-3-5-12-13(8)6-4-9(14)11-7-10(15)16-2/h3,5H,4,6-7H2,1-2H3,(H,11,14). The van der Waals surface area contributed by atoms with Crippen molar-refractivity contribution in [1.29, 1.82) is 0 Å². The lowest BCUT2D eigenvalue weighted by molar-refractivity contribution is -0.141. The second kappa shape index (κ2) is 5.89. The molecule has 0 aliphatic rings. The van der Waals surface area contributed by atoms with Crippen LogP contribution >= 0.6 is 0 Å². The number of amides is 1. The summed E-state index contributed by atoms with van der Waals surface area (Å²) in [6.07, 6.45) is 1.97. The molecule has 0 saturated heterocycles. The summed E-state index contributed by atoms with van der Waals surface area (Å²) < 4.78 is 6.13. The third-order valence-corrected chi connectivity index (χ3v) is 2.14. The zero-order chi connectivity index (χ0) is 12.0. The normalized spacial score (nSPS) is 9.88.